The van der Waals surface area contributed by atoms with Crippen molar-refractivity contribution < 1.29 is 9.18 Å². The quantitative estimate of drug-likeness (QED) is 0.575. The van der Waals surface area contributed by atoms with E-state index in [1.807, 2.05) is 19.1 Å². The van der Waals surface area contributed by atoms with Gasteiger partial charge in [-0.05, 0) is 61.4 Å². The molecule has 2 aromatic carbocycles. The Bertz CT molecular complexity index is 1130. The van der Waals surface area contributed by atoms with Crippen LogP contribution in [0, 0.1) is 19.7 Å². The van der Waals surface area contributed by atoms with Gasteiger partial charge < -0.3 is 10.3 Å². The van der Waals surface area contributed by atoms with E-state index in [4.69, 9.17) is 0 Å². The number of halogens is 1. The molecular formula is C21H19FN4O. The van der Waals surface area contributed by atoms with Crippen LogP contribution in [-0.2, 0) is 6.54 Å². The summed E-state index contributed by atoms with van der Waals surface area (Å²) in [5, 5.41) is 4.09. The Kier molecular flexibility index (Phi) is 4.24. The van der Waals surface area contributed by atoms with Crippen molar-refractivity contribution in [1.29, 1.82) is 0 Å². The minimum Gasteiger partial charge on any atom is -0.358 e. The topological polar surface area (TPSA) is 62.7 Å². The van der Waals surface area contributed by atoms with Crippen LogP contribution in [0.1, 0.15) is 27.3 Å². The van der Waals surface area contributed by atoms with Crippen molar-refractivity contribution in [2.75, 3.05) is 0 Å². The number of nitrogens with zero attached hydrogens (tertiary/aromatic N) is 2. The summed E-state index contributed by atoms with van der Waals surface area (Å²) >= 11 is 0. The van der Waals surface area contributed by atoms with E-state index in [2.05, 4.69) is 28.3 Å². The van der Waals surface area contributed by atoms with E-state index >= 15 is 0 Å². The number of aromatic nitrogens is 3. The first-order chi connectivity index (χ1) is 13.0. The third kappa shape index (κ3) is 3.21. The van der Waals surface area contributed by atoms with Gasteiger partial charge in [0.2, 0.25) is 0 Å². The molecule has 0 atom stereocenters. The molecule has 0 aliphatic heterocycles. The van der Waals surface area contributed by atoms with E-state index in [9.17, 15) is 9.18 Å². The highest BCUT2D eigenvalue weighted by Crippen LogP contribution is 2.22. The maximum Gasteiger partial charge on any atom is 0.270 e. The number of hydrogen-bond acceptors (Lipinski definition) is 2. The third-order valence-corrected chi connectivity index (χ3v) is 4.80. The van der Waals surface area contributed by atoms with Gasteiger partial charge in [0.1, 0.15) is 11.5 Å². The van der Waals surface area contributed by atoms with Crippen LogP contribution >= 0.6 is 0 Å². The maximum absolute atomic E-state index is 13.1. The van der Waals surface area contributed by atoms with Crippen molar-refractivity contribution in [2.24, 2.45) is 0 Å². The van der Waals surface area contributed by atoms with E-state index in [0.29, 0.717) is 17.9 Å². The lowest BCUT2D eigenvalue weighted by molar-refractivity contribution is 0.0944. The summed E-state index contributed by atoms with van der Waals surface area (Å²) in [5.74, 6) is -0.561. The molecule has 1 amide bonds. The molecule has 0 fully saturated rings. The Morgan fingerprint density at radius 3 is 2.74 bits per heavy atom. The summed E-state index contributed by atoms with van der Waals surface area (Å²) < 4.78 is 14.8. The van der Waals surface area contributed by atoms with Crippen LogP contribution in [0.15, 0.2) is 55.0 Å². The molecule has 0 saturated carbocycles. The highest BCUT2D eigenvalue weighted by atomic mass is 19.1. The Morgan fingerprint density at radius 1 is 1.19 bits per heavy atom. The van der Waals surface area contributed by atoms with Crippen molar-refractivity contribution >= 4 is 16.8 Å². The predicted molar refractivity (Wildman–Crippen MR) is 102 cm³/mol. The Balaban J connectivity index is 1.53. The van der Waals surface area contributed by atoms with Gasteiger partial charge in [-0.1, -0.05) is 6.07 Å². The molecule has 0 bridgehead atoms. The van der Waals surface area contributed by atoms with Crippen molar-refractivity contribution in [3.63, 3.8) is 0 Å². The minimum atomic E-state index is -0.324. The number of fused-ring (bicyclic) bond motifs is 1. The van der Waals surface area contributed by atoms with Gasteiger partial charge in [0.15, 0.2) is 0 Å². The van der Waals surface area contributed by atoms with Crippen LogP contribution in [0.3, 0.4) is 0 Å². The number of aryl methyl sites for hydroxylation is 2. The van der Waals surface area contributed by atoms with Gasteiger partial charge >= 0.3 is 0 Å². The van der Waals surface area contributed by atoms with Crippen LogP contribution in [0.25, 0.3) is 16.6 Å². The maximum atomic E-state index is 13.1. The first-order valence-corrected chi connectivity index (χ1v) is 8.67. The number of imidazole rings is 1. The summed E-state index contributed by atoms with van der Waals surface area (Å²) in [6, 6.07) is 12.0. The second-order valence-electron chi connectivity index (χ2n) is 6.56. The number of nitrogens with one attached hydrogen (secondary N) is 2. The van der Waals surface area contributed by atoms with E-state index in [-0.39, 0.29) is 11.7 Å². The largest absolute Gasteiger partial charge is 0.358 e. The van der Waals surface area contributed by atoms with Crippen LogP contribution in [0.4, 0.5) is 4.39 Å². The number of aromatic amines is 1. The van der Waals surface area contributed by atoms with Crippen molar-refractivity contribution in [3.8, 4) is 5.69 Å². The first kappa shape index (κ1) is 17.0. The molecule has 5 nitrogen and oxygen atoms in total. The monoisotopic (exact) mass is 362 g/mol. The molecule has 2 N–H and O–H groups in total. The number of rotatable bonds is 4. The summed E-state index contributed by atoms with van der Waals surface area (Å²) in [6.07, 6.45) is 3.04. The third-order valence-electron chi connectivity index (χ3n) is 4.80. The van der Waals surface area contributed by atoms with Crippen molar-refractivity contribution in [1.82, 2.24) is 19.9 Å². The van der Waals surface area contributed by atoms with Gasteiger partial charge in [-0.3, -0.25) is 9.36 Å². The summed E-state index contributed by atoms with van der Waals surface area (Å²) in [4.78, 5) is 20.0. The average molecular weight is 362 g/mol. The van der Waals surface area contributed by atoms with E-state index in [0.717, 1.165) is 22.2 Å². The van der Waals surface area contributed by atoms with Crippen LogP contribution in [-0.4, -0.2) is 20.4 Å². The zero-order valence-corrected chi connectivity index (χ0v) is 15.1. The lowest BCUT2D eigenvalue weighted by Crippen LogP contribution is -2.25. The Morgan fingerprint density at radius 2 is 1.96 bits per heavy atom. The molecule has 4 rings (SSSR count). The molecule has 0 spiro atoms. The summed E-state index contributed by atoms with van der Waals surface area (Å²) in [5.41, 5.74) is 5.55. The van der Waals surface area contributed by atoms with Gasteiger partial charge in [-0.15, -0.1) is 0 Å². The zero-order chi connectivity index (χ0) is 19.0. The molecule has 6 heteroatoms. The van der Waals surface area contributed by atoms with E-state index in [1.54, 1.807) is 23.0 Å². The summed E-state index contributed by atoms with van der Waals surface area (Å²) in [7, 11) is 0. The van der Waals surface area contributed by atoms with Gasteiger partial charge in [0.25, 0.3) is 5.91 Å². The van der Waals surface area contributed by atoms with Gasteiger partial charge in [0, 0.05) is 28.8 Å². The number of carbonyl (C=O) groups is 1. The Hall–Kier alpha value is -3.41. The van der Waals surface area contributed by atoms with Crippen molar-refractivity contribution in [2.45, 2.75) is 20.4 Å². The fourth-order valence-corrected chi connectivity index (χ4v) is 3.16. The van der Waals surface area contributed by atoms with Gasteiger partial charge in [-0.2, -0.15) is 0 Å². The molecule has 0 radical (unpaired) electrons. The SMILES string of the molecule is Cc1[nH]c2ccc(CNC(=O)c3cncn3-c3ccc(F)cc3)cc2c1C. The number of H-pyrrole nitrogens is 1. The first-order valence-electron chi connectivity index (χ1n) is 8.67. The van der Waals surface area contributed by atoms with Gasteiger partial charge in [0.05, 0.1) is 12.5 Å². The van der Waals surface area contributed by atoms with Crippen LogP contribution in [0.5, 0.6) is 0 Å². The molecule has 136 valence electrons. The molecule has 4 aromatic rings. The lowest BCUT2D eigenvalue weighted by atomic mass is 10.1. The fraction of sp³-hybridized carbons (Fsp3) is 0.143. The molecule has 2 heterocycles. The van der Waals surface area contributed by atoms with Crippen LogP contribution in [0.2, 0.25) is 0 Å². The number of benzene rings is 2. The number of amides is 1. The second kappa shape index (κ2) is 6.72. The molecule has 0 unspecified atom stereocenters. The fourth-order valence-electron chi connectivity index (χ4n) is 3.16. The van der Waals surface area contributed by atoms with Crippen molar-refractivity contribution in [3.05, 3.63) is 83.3 Å². The Labute approximate surface area is 155 Å². The zero-order valence-electron chi connectivity index (χ0n) is 15.1. The highest BCUT2D eigenvalue weighted by molar-refractivity contribution is 5.93. The highest BCUT2D eigenvalue weighted by Gasteiger charge is 2.13. The molecular weight excluding hydrogens is 343 g/mol. The number of carbonyl (C=O) groups excluding carboxylic acids is 1. The molecule has 0 saturated heterocycles. The predicted octanol–water partition coefficient (Wildman–Crippen LogP) is 4.04. The smallest absolute Gasteiger partial charge is 0.270 e. The molecule has 0 aliphatic rings. The minimum absolute atomic E-state index is 0.237. The van der Waals surface area contributed by atoms with E-state index in [1.165, 1.54) is 23.9 Å². The average Bonchev–Trinajstić information content (AvgIpc) is 3.26. The van der Waals surface area contributed by atoms with Gasteiger partial charge in [-0.25, -0.2) is 9.37 Å². The molecule has 2 aromatic heterocycles. The molecule has 0 aliphatic carbocycles. The van der Waals surface area contributed by atoms with Crippen LogP contribution < -0.4 is 5.32 Å². The number of hydrogen-bond donors (Lipinski definition) is 2. The normalized spacial score (nSPS) is 11.1. The lowest BCUT2D eigenvalue weighted by Gasteiger charge is -2.09. The molecule has 27 heavy (non-hydrogen) atoms. The second-order valence-corrected chi connectivity index (χ2v) is 6.56. The van der Waals surface area contributed by atoms with E-state index < -0.39 is 0 Å². The summed E-state index contributed by atoms with van der Waals surface area (Å²) in [6.45, 7) is 4.54. The standard InChI is InChI=1S/C21H19FN4O/c1-13-14(2)25-19-8-3-15(9-18(13)19)10-24-21(27)20-11-23-12-26(20)17-6-4-16(22)5-7-17/h3-9,11-12,25H,10H2,1-2H3,(H,24,27).